The minimum absolute atomic E-state index is 0.0237. The summed E-state index contributed by atoms with van der Waals surface area (Å²) in [5, 5.41) is 4.97. The average molecular weight is 624 g/mol. The molecule has 1 aromatic heterocycles. The van der Waals surface area contributed by atoms with Crippen molar-refractivity contribution in [2.45, 2.75) is 84.8 Å². The Labute approximate surface area is 264 Å². The van der Waals surface area contributed by atoms with Crippen LogP contribution in [0.3, 0.4) is 0 Å². The van der Waals surface area contributed by atoms with Crippen molar-refractivity contribution in [1.82, 2.24) is 20.7 Å². The van der Waals surface area contributed by atoms with E-state index in [2.05, 4.69) is 10.7 Å². The van der Waals surface area contributed by atoms with E-state index in [1.165, 1.54) is 11.9 Å². The van der Waals surface area contributed by atoms with E-state index in [0.29, 0.717) is 19.4 Å². The number of hydrazine groups is 1. The molecule has 12 nitrogen and oxygen atoms in total. The van der Waals surface area contributed by atoms with E-state index in [4.69, 9.17) is 24.9 Å². The van der Waals surface area contributed by atoms with Crippen molar-refractivity contribution in [3.63, 3.8) is 0 Å². The number of aromatic nitrogens is 1. The molecule has 244 valence electrons. The lowest BCUT2D eigenvalue weighted by Gasteiger charge is -2.41. The van der Waals surface area contributed by atoms with Gasteiger partial charge < -0.3 is 25.3 Å². The van der Waals surface area contributed by atoms with Crippen LogP contribution >= 0.6 is 0 Å². The molecule has 45 heavy (non-hydrogen) atoms. The lowest BCUT2D eigenvalue weighted by molar-refractivity contribution is -0.277. The highest BCUT2D eigenvalue weighted by Gasteiger charge is 2.47. The van der Waals surface area contributed by atoms with Crippen molar-refractivity contribution in [2.24, 2.45) is 17.1 Å². The Morgan fingerprint density at radius 3 is 2.49 bits per heavy atom. The van der Waals surface area contributed by atoms with Gasteiger partial charge in [0.2, 0.25) is 5.91 Å². The van der Waals surface area contributed by atoms with E-state index in [9.17, 15) is 19.2 Å². The van der Waals surface area contributed by atoms with E-state index in [0.717, 1.165) is 28.6 Å². The van der Waals surface area contributed by atoms with Crippen molar-refractivity contribution < 1.29 is 33.4 Å². The Bertz CT molecular complexity index is 1450. The van der Waals surface area contributed by atoms with Crippen molar-refractivity contribution in [1.29, 1.82) is 0 Å². The standard InChI is InChI=1S/C33H45N5O7/c1-7-24-13-12-23-11-10-22(17-26(23)36-24)14-15-33(18-43-32(5,6)44-19-33)31(42)45-27(20(2)3)29(40)35-21(4)30(41)38-16-8-9-25(37-38)28(34)39/h10-15,17,20-21,25,27,37H,7-9,16,18-19H2,1-6H3,(H2,34,39)(H,35,40)/b15-14+/t21-,25-,27?/m0/s1. The number of nitrogens with two attached hydrogens (primary N) is 1. The molecule has 0 radical (unpaired) electrons. The van der Waals surface area contributed by atoms with Gasteiger partial charge in [0.15, 0.2) is 11.9 Å². The molecule has 0 bridgehead atoms. The molecule has 0 aliphatic carbocycles. The quantitative estimate of drug-likeness (QED) is 0.338. The van der Waals surface area contributed by atoms with Gasteiger partial charge in [0, 0.05) is 17.6 Å². The molecule has 4 rings (SSSR count). The molecule has 2 aliphatic rings. The molecule has 0 saturated carbocycles. The zero-order valence-corrected chi connectivity index (χ0v) is 26.9. The molecular formula is C33H45N5O7. The van der Waals surface area contributed by atoms with Crippen molar-refractivity contribution in [2.75, 3.05) is 19.8 Å². The number of rotatable bonds is 10. The fourth-order valence-electron chi connectivity index (χ4n) is 5.17. The smallest absolute Gasteiger partial charge is 0.321 e. The van der Waals surface area contributed by atoms with Gasteiger partial charge in [-0.15, -0.1) is 0 Å². The highest BCUT2D eigenvalue weighted by Crippen LogP contribution is 2.34. The van der Waals surface area contributed by atoms with Gasteiger partial charge in [-0.25, -0.2) is 5.43 Å². The van der Waals surface area contributed by atoms with E-state index < -0.39 is 59.0 Å². The summed E-state index contributed by atoms with van der Waals surface area (Å²) in [5.74, 6) is -3.60. The van der Waals surface area contributed by atoms with E-state index in [1.54, 1.807) is 33.8 Å². The van der Waals surface area contributed by atoms with Crippen LogP contribution in [0.5, 0.6) is 0 Å². The van der Waals surface area contributed by atoms with Gasteiger partial charge in [-0.05, 0) is 63.6 Å². The highest BCUT2D eigenvalue weighted by atomic mass is 16.7. The molecule has 2 saturated heterocycles. The molecule has 2 aromatic rings. The maximum atomic E-state index is 13.9. The fraction of sp³-hybridized carbons (Fsp3) is 0.545. The second kappa shape index (κ2) is 14.1. The van der Waals surface area contributed by atoms with Crippen LogP contribution in [0.1, 0.15) is 65.6 Å². The van der Waals surface area contributed by atoms with Gasteiger partial charge in [0.25, 0.3) is 11.8 Å². The number of ether oxygens (including phenoxy) is 3. The van der Waals surface area contributed by atoms with Gasteiger partial charge in [-0.1, -0.05) is 51.1 Å². The number of carbonyl (C=O) groups excluding carboxylic acids is 4. The molecule has 12 heteroatoms. The van der Waals surface area contributed by atoms with E-state index in [1.807, 2.05) is 43.3 Å². The van der Waals surface area contributed by atoms with E-state index in [-0.39, 0.29) is 13.2 Å². The van der Waals surface area contributed by atoms with Crippen LogP contribution in [0.4, 0.5) is 0 Å². The third-order valence-electron chi connectivity index (χ3n) is 8.11. The van der Waals surface area contributed by atoms with Crippen molar-refractivity contribution in [3.05, 3.63) is 47.7 Å². The lowest BCUT2D eigenvalue weighted by Crippen LogP contribution is -2.61. The molecular weight excluding hydrogens is 578 g/mol. The van der Waals surface area contributed by atoms with Crippen LogP contribution in [0.25, 0.3) is 17.0 Å². The molecule has 2 fully saturated rings. The second-order valence-electron chi connectivity index (χ2n) is 12.6. The largest absolute Gasteiger partial charge is 0.451 e. The Balaban J connectivity index is 1.51. The first-order valence-electron chi connectivity index (χ1n) is 15.5. The predicted molar refractivity (Wildman–Crippen MR) is 168 cm³/mol. The summed E-state index contributed by atoms with van der Waals surface area (Å²) >= 11 is 0. The summed E-state index contributed by atoms with van der Waals surface area (Å²) in [4.78, 5) is 56.6. The molecule has 3 amide bonds. The van der Waals surface area contributed by atoms with Gasteiger partial charge in [0.1, 0.15) is 17.5 Å². The molecule has 4 N–H and O–H groups in total. The molecule has 3 atom stereocenters. The summed E-state index contributed by atoms with van der Waals surface area (Å²) < 4.78 is 17.7. The summed E-state index contributed by atoms with van der Waals surface area (Å²) in [6.45, 7) is 10.9. The molecule has 2 aliphatic heterocycles. The van der Waals surface area contributed by atoms with Gasteiger partial charge in [-0.2, -0.15) is 0 Å². The lowest BCUT2D eigenvalue weighted by atomic mass is 9.87. The number of nitrogens with one attached hydrogen (secondary N) is 2. The average Bonchev–Trinajstić information content (AvgIpc) is 3.02. The van der Waals surface area contributed by atoms with Crippen LogP contribution in [-0.4, -0.2) is 77.4 Å². The minimum Gasteiger partial charge on any atom is -0.451 e. The normalized spacial score (nSPS) is 21.0. The van der Waals surface area contributed by atoms with Crippen molar-refractivity contribution >= 4 is 40.7 Å². The summed E-state index contributed by atoms with van der Waals surface area (Å²) in [6, 6.07) is 8.27. The Morgan fingerprint density at radius 1 is 1.16 bits per heavy atom. The van der Waals surface area contributed by atoms with Gasteiger partial charge in [0.05, 0.1) is 18.7 Å². The predicted octanol–water partition coefficient (Wildman–Crippen LogP) is 2.63. The maximum absolute atomic E-state index is 13.9. The maximum Gasteiger partial charge on any atom is 0.321 e. The van der Waals surface area contributed by atoms with Gasteiger partial charge in [-0.3, -0.25) is 29.2 Å². The Morgan fingerprint density at radius 2 is 1.84 bits per heavy atom. The minimum atomic E-state index is -1.33. The van der Waals surface area contributed by atoms with E-state index >= 15 is 0 Å². The Hall–Kier alpha value is -3.87. The summed E-state index contributed by atoms with van der Waals surface area (Å²) in [6.07, 6.45) is 4.24. The number of aryl methyl sites for hydroxylation is 1. The Kier molecular flexibility index (Phi) is 10.6. The first-order valence-corrected chi connectivity index (χ1v) is 15.5. The number of nitrogens with zero attached hydrogens (tertiary/aromatic N) is 2. The number of amides is 3. The topological polar surface area (TPSA) is 162 Å². The number of hydrogen-bond acceptors (Lipinski definition) is 9. The molecule has 1 aromatic carbocycles. The number of fused-ring (bicyclic) bond motifs is 1. The van der Waals surface area contributed by atoms with Crippen LogP contribution in [0.15, 0.2) is 36.4 Å². The van der Waals surface area contributed by atoms with Crippen LogP contribution in [0, 0.1) is 11.3 Å². The number of carbonyl (C=O) groups is 4. The van der Waals surface area contributed by atoms with Crippen molar-refractivity contribution in [3.8, 4) is 0 Å². The zero-order valence-electron chi connectivity index (χ0n) is 26.9. The van der Waals surface area contributed by atoms with Gasteiger partial charge >= 0.3 is 5.97 Å². The number of primary amides is 1. The zero-order chi connectivity index (χ0) is 32.9. The molecule has 3 heterocycles. The summed E-state index contributed by atoms with van der Waals surface area (Å²) in [7, 11) is 0. The second-order valence-corrected chi connectivity index (χ2v) is 12.6. The van der Waals surface area contributed by atoms with Crippen LogP contribution in [0.2, 0.25) is 0 Å². The van der Waals surface area contributed by atoms with Crippen LogP contribution in [-0.2, 0) is 39.8 Å². The summed E-state index contributed by atoms with van der Waals surface area (Å²) in [5.41, 5.74) is 9.54. The first kappa shape index (κ1) is 34.0. The third kappa shape index (κ3) is 8.24. The number of pyridine rings is 1. The van der Waals surface area contributed by atoms with Crippen LogP contribution < -0.4 is 16.5 Å². The first-order chi connectivity index (χ1) is 21.2. The SMILES string of the molecule is CCc1ccc2ccc(/C=C/C3(C(=O)OC(C(=O)N[C@@H](C)C(=O)N4CCC[C@@H](C(N)=O)N4)C(C)C)COC(C)(C)OC3)cc2n1. The highest BCUT2D eigenvalue weighted by molar-refractivity contribution is 5.91. The number of hydrogen-bond donors (Lipinski definition) is 3. The molecule has 1 unspecified atom stereocenters. The fourth-order valence-corrected chi connectivity index (χ4v) is 5.17. The third-order valence-corrected chi connectivity index (χ3v) is 8.11. The number of benzene rings is 1. The number of esters is 1. The molecule has 0 spiro atoms. The monoisotopic (exact) mass is 623 g/mol.